The lowest BCUT2D eigenvalue weighted by Gasteiger charge is -2.41. The molecule has 2 aliphatic heterocycles. The molecule has 186 valence electrons. The van der Waals surface area contributed by atoms with E-state index in [1.165, 1.54) is 0 Å². The minimum Gasteiger partial charge on any atom is -0.394 e. The van der Waals surface area contributed by atoms with Gasteiger partial charge in [-0.1, -0.05) is 0 Å². The van der Waals surface area contributed by atoms with Crippen LogP contribution < -0.4 is 0 Å². The summed E-state index contributed by atoms with van der Waals surface area (Å²) in [6.45, 7) is -3.37. The standard InChI is InChI=1S/C12H22O11.C4H10O4/c13-1-4-6(16)7(17)8(18)11(21-4)22-9-5(2-14)23-12(20,3-15)10(9)19;5-1-3(7)4(8)2-6/h4-11,13-20H,1-3H2;3-8H,1-2H2/t4-,5-,6+,7+,8-,9-,10+,11+,12-;3-,4+/m1./s1. The molecule has 11 atom stereocenters. The van der Waals surface area contributed by atoms with E-state index in [-0.39, 0.29) is 0 Å². The van der Waals surface area contributed by atoms with Crippen molar-refractivity contribution in [3.05, 3.63) is 0 Å². The van der Waals surface area contributed by atoms with Crippen LogP contribution in [-0.4, -0.2) is 161 Å². The summed E-state index contributed by atoms with van der Waals surface area (Å²) in [7, 11) is 0. The van der Waals surface area contributed by atoms with Crippen molar-refractivity contribution in [2.45, 2.75) is 67.0 Å². The third-order valence-corrected chi connectivity index (χ3v) is 4.86. The van der Waals surface area contributed by atoms with Crippen LogP contribution in [0.1, 0.15) is 0 Å². The molecule has 0 aliphatic carbocycles. The van der Waals surface area contributed by atoms with Crippen LogP contribution in [0, 0.1) is 0 Å². The highest BCUT2D eigenvalue weighted by molar-refractivity contribution is 4.98. The molecule has 0 aromatic heterocycles. The van der Waals surface area contributed by atoms with Gasteiger partial charge in [-0.3, -0.25) is 0 Å². The third-order valence-electron chi connectivity index (χ3n) is 4.86. The molecule has 2 saturated heterocycles. The predicted molar refractivity (Wildman–Crippen MR) is 94.8 cm³/mol. The number of ether oxygens (including phenoxy) is 3. The number of hydrogen-bond acceptors (Lipinski definition) is 15. The Morgan fingerprint density at radius 1 is 0.774 bits per heavy atom. The Morgan fingerprint density at radius 2 is 1.29 bits per heavy atom. The fourth-order valence-corrected chi connectivity index (χ4v) is 2.87. The van der Waals surface area contributed by atoms with Crippen molar-refractivity contribution in [1.82, 2.24) is 0 Å². The number of rotatable bonds is 8. The van der Waals surface area contributed by atoms with Gasteiger partial charge in [0.15, 0.2) is 6.29 Å². The Hall–Kier alpha value is -0.600. The van der Waals surface area contributed by atoms with Gasteiger partial charge < -0.3 is 75.5 Å². The zero-order chi connectivity index (χ0) is 23.9. The van der Waals surface area contributed by atoms with E-state index < -0.39 is 100 Å². The van der Waals surface area contributed by atoms with Gasteiger partial charge >= 0.3 is 0 Å². The van der Waals surface area contributed by atoms with Gasteiger partial charge in [-0.15, -0.1) is 0 Å². The van der Waals surface area contributed by atoms with Gasteiger partial charge in [0.25, 0.3) is 0 Å². The molecule has 12 N–H and O–H groups in total. The Labute approximate surface area is 176 Å². The Morgan fingerprint density at radius 3 is 1.71 bits per heavy atom. The normalized spacial score (nSPS) is 42.6. The van der Waals surface area contributed by atoms with Gasteiger partial charge in [-0.05, 0) is 0 Å². The van der Waals surface area contributed by atoms with Crippen molar-refractivity contribution < 1.29 is 75.5 Å². The van der Waals surface area contributed by atoms with E-state index >= 15 is 0 Å². The highest BCUT2D eigenvalue weighted by Gasteiger charge is 2.56. The minimum absolute atomic E-state index is 0.526. The summed E-state index contributed by atoms with van der Waals surface area (Å²) in [5.74, 6) is -2.37. The van der Waals surface area contributed by atoms with Crippen LogP contribution in [0.2, 0.25) is 0 Å². The van der Waals surface area contributed by atoms with E-state index in [2.05, 4.69) is 0 Å². The molecule has 0 unspecified atom stereocenters. The van der Waals surface area contributed by atoms with Crippen LogP contribution in [0.3, 0.4) is 0 Å². The van der Waals surface area contributed by atoms with Crippen LogP contribution in [0.15, 0.2) is 0 Å². The maximum Gasteiger partial charge on any atom is 0.219 e. The molecule has 0 aromatic carbocycles. The summed E-state index contributed by atoms with van der Waals surface area (Å²) >= 11 is 0. The summed E-state index contributed by atoms with van der Waals surface area (Å²) in [6, 6.07) is 0. The Balaban J connectivity index is 0.000000512. The number of hydrogen-bond donors (Lipinski definition) is 12. The van der Waals surface area contributed by atoms with E-state index in [0.717, 1.165) is 0 Å². The maximum atomic E-state index is 10.00. The van der Waals surface area contributed by atoms with Gasteiger partial charge in [-0.2, -0.15) is 0 Å². The molecule has 0 amide bonds. The second-order valence-electron chi connectivity index (χ2n) is 7.08. The van der Waals surface area contributed by atoms with Crippen molar-refractivity contribution in [2.75, 3.05) is 33.0 Å². The van der Waals surface area contributed by atoms with Crippen molar-refractivity contribution in [3.8, 4) is 0 Å². The second kappa shape index (κ2) is 12.6. The van der Waals surface area contributed by atoms with E-state index in [4.69, 9.17) is 44.8 Å². The average molecular weight is 464 g/mol. The maximum absolute atomic E-state index is 10.00. The molecule has 31 heavy (non-hydrogen) atoms. The van der Waals surface area contributed by atoms with Gasteiger partial charge in [-0.25, -0.2) is 0 Å². The third kappa shape index (κ3) is 6.70. The molecule has 0 spiro atoms. The Kier molecular flexibility index (Phi) is 11.5. The molecule has 2 aliphatic rings. The molecule has 2 heterocycles. The second-order valence-corrected chi connectivity index (χ2v) is 7.08. The summed E-state index contributed by atoms with van der Waals surface area (Å²) in [5, 5.41) is 110. The molecule has 15 nitrogen and oxygen atoms in total. The molecule has 2 rings (SSSR count). The zero-order valence-electron chi connectivity index (χ0n) is 16.4. The van der Waals surface area contributed by atoms with Crippen LogP contribution >= 0.6 is 0 Å². The minimum atomic E-state index is -2.37. The van der Waals surface area contributed by atoms with Gasteiger partial charge in [0.1, 0.15) is 54.9 Å². The number of aliphatic hydroxyl groups is 12. The van der Waals surface area contributed by atoms with Gasteiger partial charge in [0, 0.05) is 0 Å². The van der Waals surface area contributed by atoms with Crippen molar-refractivity contribution in [2.24, 2.45) is 0 Å². The van der Waals surface area contributed by atoms with Gasteiger partial charge in [0.05, 0.1) is 33.0 Å². The predicted octanol–water partition coefficient (Wildman–Crippen LogP) is -7.70. The SMILES string of the molecule is OC[C@@H](O)[C@@H](O)CO.OC[C@H]1O[C@@H](O[C@@H]2[C@@H](CO)O[C@](O)(CO)[C@H]2O)[C@H](O)[C@@H](O)[C@H]1O. The quantitative estimate of drug-likeness (QED) is 0.159. The molecule has 2 fully saturated rings. The van der Waals surface area contributed by atoms with Gasteiger partial charge in [0.2, 0.25) is 5.79 Å². The molecule has 15 heteroatoms. The zero-order valence-corrected chi connectivity index (χ0v) is 16.4. The lowest BCUT2D eigenvalue weighted by atomic mass is 9.99. The van der Waals surface area contributed by atoms with E-state index in [1.807, 2.05) is 0 Å². The molecule has 0 saturated carbocycles. The summed E-state index contributed by atoms with van der Waals surface area (Å²) < 4.78 is 15.3. The summed E-state index contributed by atoms with van der Waals surface area (Å²) in [5.41, 5.74) is 0. The first-order chi connectivity index (χ1) is 14.5. The summed E-state index contributed by atoms with van der Waals surface area (Å²) in [6.07, 6.45) is -14.7. The van der Waals surface area contributed by atoms with Crippen LogP contribution in [0.25, 0.3) is 0 Å². The molecule has 0 aromatic rings. The van der Waals surface area contributed by atoms with Crippen LogP contribution in [-0.2, 0) is 14.2 Å². The monoisotopic (exact) mass is 464 g/mol. The first kappa shape index (κ1) is 28.4. The van der Waals surface area contributed by atoms with E-state index in [1.54, 1.807) is 0 Å². The fraction of sp³-hybridized carbons (Fsp3) is 1.00. The van der Waals surface area contributed by atoms with Crippen molar-refractivity contribution >= 4 is 0 Å². The highest BCUT2D eigenvalue weighted by Crippen LogP contribution is 2.33. The molecule has 0 radical (unpaired) electrons. The first-order valence-corrected chi connectivity index (χ1v) is 9.35. The van der Waals surface area contributed by atoms with Crippen molar-refractivity contribution in [1.29, 1.82) is 0 Å². The van der Waals surface area contributed by atoms with Crippen LogP contribution in [0.5, 0.6) is 0 Å². The molecular weight excluding hydrogens is 432 g/mol. The van der Waals surface area contributed by atoms with E-state index in [9.17, 15) is 30.6 Å². The molecule has 0 bridgehead atoms. The van der Waals surface area contributed by atoms with Crippen molar-refractivity contribution in [3.63, 3.8) is 0 Å². The lowest BCUT2D eigenvalue weighted by Crippen LogP contribution is -2.60. The smallest absolute Gasteiger partial charge is 0.219 e. The lowest BCUT2D eigenvalue weighted by molar-refractivity contribution is -0.318. The average Bonchev–Trinajstić information content (AvgIpc) is 3.03. The topological polar surface area (TPSA) is 270 Å². The highest BCUT2D eigenvalue weighted by atomic mass is 16.7. The largest absolute Gasteiger partial charge is 0.394 e. The number of aliphatic hydroxyl groups excluding tert-OH is 11. The fourth-order valence-electron chi connectivity index (χ4n) is 2.87. The first-order valence-electron chi connectivity index (χ1n) is 9.35. The Bertz CT molecular complexity index is 501. The van der Waals surface area contributed by atoms with E-state index in [0.29, 0.717) is 0 Å². The summed E-state index contributed by atoms with van der Waals surface area (Å²) in [4.78, 5) is 0. The van der Waals surface area contributed by atoms with Crippen LogP contribution in [0.4, 0.5) is 0 Å². The molecular formula is C16H32O15.